The van der Waals surface area contributed by atoms with Gasteiger partial charge in [0, 0.05) is 11.6 Å². The minimum absolute atomic E-state index is 0.0463. The molecule has 0 heterocycles. The van der Waals surface area contributed by atoms with Gasteiger partial charge in [0.15, 0.2) is 0 Å². The standard InChI is InChI=1S/C17H19NO/c1-3-11(2)18-17(19)15-10-9-13-8-7-12-5-4-6-14(15)16(12)13/h4-6,9-11H,3,7-8H2,1-2H3,(H,18,19). The molecule has 0 spiro atoms. The van der Waals surface area contributed by atoms with Crippen LogP contribution in [0.3, 0.4) is 0 Å². The summed E-state index contributed by atoms with van der Waals surface area (Å²) in [6.45, 7) is 4.12. The van der Waals surface area contributed by atoms with Gasteiger partial charge in [-0.2, -0.15) is 0 Å². The predicted octanol–water partition coefficient (Wildman–Crippen LogP) is 3.47. The average Bonchev–Trinajstić information content (AvgIpc) is 2.84. The van der Waals surface area contributed by atoms with Crippen molar-refractivity contribution >= 4 is 16.7 Å². The van der Waals surface area contributed by atoms with Crippen molar-refractivity contribution in [3.05, 3.63) is 47.0 Å². The first-order valence-electron chi connectivity index (χ1n) is 7.05. The summed E-state index contributed by atoms with van der Waals surface area (Å²) in [6, 6.07) is 10.6. The highest BCUT2D eigenvalue weighted by molar-refractivity contribution is 6.09. The summed E-state index contributed by atoms with van der Waals surface area (Å²) in [4.78, 5) is 12.4. The topological polar surface area (TPSA) is 29.1 Å². The minimum atomic E-state index is 0.0463. The first kappa shape index (κ1) is 12.2. The van der Waals surface area contributed by atoms with Crippen molar-refractivity contribution in [3.63, 3.8) is 0 Å². The summed E-state index contributed by atoms with van der Waals surface area (Å²) in [6.07, 6.45) is 3.15. The third-order valence-corrected chi connectivity index (χ3v) is 4.11. The number of aryl methyl sites for hydroxylation is 2. The fraction of sp³-hybridized carbons (Fsp3) is 0.353. The molecule has 1 unspecified atom stereocenters. The van der Waals surface area contributed by atoms with Gasteiger partial charge < -0.3 is 5.32 Å². The monoisotopic (exact) mass is 253 g/mol. The van der Waals surface area contributed by atoms with Gasteiger partial charge in [-0.15, -0.1) is 0 Å². The van der Waals surface area contributed by atoms with E-state index in [0.29, 0.717) is 0 Å². The van der Waals surface area contributed by atoms with E-state index in [-0.39, 0.29) is 11.9 Å². The molecule has 1 amide bonds. The number of benzene rings is 2. The summed E-state index contributed by atoms with van der Waals surface area (Å²) in [5, 5.41) is 5.47. The molecule has 98 valence electrons. The van der Waals surface area contributed by atoms with Gasteiger partial charge in [0.1, 0.15) is 0 Å². The van der Waals surface area contributed by atoms with Crippen LogP contribution >= 0.6 is 0 Å². The van der Waals surface area contributed by atoms with Gasteiger partial charge in [-0.05, 0) is 54.2 Å². The van der Waals surface area contributed by atoms with Crippen LogP contribution in [0.4, 0.5) is 0 Å². The van der Waals surface area contributed by atoms with Gasteiger partial charge in [0.25, 0.3) is 5.91 Å². The lowest BCUT2D eigenvalue weighted by Crippen LogP contribution is -2.32. The second-order valence-electron chi connectivity index (χ2n) is 5.39. The van der Waals surface area contributed by atoms with Crippen LogP contribution in [0.1, 0.15) is 41.8 Å². The molecule has 0 saturated carbocycles. The van der Waals surface area contributed by atoms with Crippen molar-refractivity contribution in [2.75, 3.05) is 0 Å². The maximum Gasteiger partial charge on any atom is 0.252 e. The maximum atomic E-state index is 12.4. The first-order chi connectivity index (χ1) is 9.20. The summed E-state index contributed by atoms with van der Waals surface area (Å²) >= 11 is 0. The Balaban J connectivity index is 2.08. The summed E-state index contributed by atoms with van der Waals surface area (Å²) < 4.78 is 0. The maximum absolute atomic E-state index is 12.4. The van der Waals surface area contributed by atoms with Gasteiger partial charge >= 0.3 is 0 Å². The van der Waals surface area contributed by atoms with Gasteiger partial charge in [0.05, 0.1) is 0 Å². The zero-order valence-corrected chi connectivity index (χ0v) is 11.5. The zero-order chi connectivity index (χ0) is 13.4. The number of nitrogens with one attached hydrogen (secondary N) is 1. The number of amides is 1. The molecule has 0 radical (unpaired) electrons. The lowest BCUT2D eigenvalue weighted by atomic mass is 9.99. The van der Waals surface area contributed by atoms with Gasteiger partial charge in [-0.25, -0.2) is 0 Å². The molecule has 19 heavy (non-hydrogen) atoms. The van der Waals surface area contributed by atoms with E-state index in [1.54, 1.807) is 0 Å². The molecule has 2 aromatic rings. The van der Waals surface area contributed by atoms with Crippen LogP contribution in [0, 0.1) is 0 Å². The van der Waals surface area contributed by atoms with Crippen LogP contribution in [-0.2, 0) is 12.8 Å². The van der Waals surface area contributed by atoms with E-state index >= 15 is 0 Å². The lowest BCUT2D eigenvalue weighted by molar-refractivity contribution is 0.0941. The van der Waals surface area contributed by atoms with Gasteiger partial charge in [-0.1, -0.05) is 31.2 Å². The molecule has 0 fully saturated rings. The van der Waals surface area contributed by atoms with Gasteiger partial charge in [-0.3, -0.25) is 4.79 Å². The van der Waals surface area contributed by atoms with Crippen LogP contribution in [0.5, 0.6) is 0 Å². The smallest absolute Gasteiger partial charge is 0.252 e. The molecular formula is C17H19NO. The number of hydrogen-bond acceptors (Lipinski definition) is 1. The molecule has 0 aromatic heterocycles. The molecule has 0 bridgehead atoms. The third kappa shape index (κ3) is 2.01. The molecule has 1 aliphatic carbocycles. The average molecular weight is 253 g/mol. The molecule has 2 nitrogen and oxygen atoms in total. The van der Waals surface area contributed by atoms with Crippen LogP contribution in [0.2, 0.25) is 0 Å². The normalized spacial score (nSPS) is 14.6. The van der Waals surface area contributed by atoms with Crippen molar-refractivity contribution in [1.82, 2.24) is 5.32 Å². The van der Waals surface area contributed by atoms with Crippen molar-refractivity contribution in [2.45, 2.75) is 39.2 Å². The van der Waals surface area contributed by atoms with E-state index in [1.165, 1.54) is 16.5 Å². The Hall–Kier alpha value is -1.83. The summed E-state index contributed by atoms with van der Waals surface area (Å²) in [5.74, 6) is 0.0463. The van der Waals surface area contributed by atoms with Crippen molar-refractivity contribution in [2.24, 2.45) is 0 Å². The van der Waals surface area contributed by atoms with E-state index in [4.69, 9.17) is 0 Å². The lowest BCUT2D eigenvalue weighted by Gasteiger charge is -2.13. The molecule has 1 N–H and O–H groups in total. The fourth-order valence-corrected chi connectivity index (χ4v) is 2.85. The molecule has 3 rings (SSSR count). The zero-order valence-electron chi connectivity index (χ0n) is 11.5. The summed E-state index contributed by atoms with van der Waals surface area (Å²) in [7, 11) is 0. The third-order valence-electron chi connectivity index (χ3n) is 4.11. The van der Waals surface area contributed by atoms with Crippen LogP contribution in [0.15, 0.2) is 30.3 Å². The Morgan fingerprint density at radius 2 is 1.95 bits per heavy atom. The second-order valence-corrected chi connectivity index (χ2v) is 5.39. The van der Waals surface area contributed by atoms with Crippen LogP contribution < -0.4 is 5.32 Å². The SMILES string of the molecule is CCC(C)NC(=O)c1ccc2c3c(cccc13)CC2. The van der Waals surface area contributed by atoms with Crippen LogP contribution in [0.25, 0.3) is 10.8 Å². The molecule has 2 aromatic carbocycles. The van der Waals surface area contributed by atoms with Crippen molar-refractivity contribution in [3.8, 4) is 0 Å². The Labute approximate surface area is 113 Å². The highest BCUT2D eigenvalue weighted by atomic mass is 16.1. The molecular weight excluding hydrogens is 234 g/mol. The molecule has 0 saturated heterocycles. The van der Waals surface area contributed by atoms with E-state index < -0.39 is 0 Å². The predicted molar refractivity (Wildman–Crippen MR) is 78.6 cm³/mol. The Morgan fingerprint density at radius 3 is 2.68 bits per heavy atom. The second kappa shape index (κ2) is 4.69. The molecule has 1 aliphatic rings. The van der Waals surface area contributed by atoms with Crippen molar-refractivity contribution in [1.29, 1.82) is 0 Å². The fourth-order valence-electron chi connectivity index (χ4n) is 2.85. The first-order valence-corrected chi connectivity index (χ1v) is 7.05. The number of rotatable bonds is 3. The minimum Gasteiger partial charge on any atom is -0.350 e. The van der Waals surface area contributed by atoms with E-state index in [0.717, 1.165) is 30.2 Å². The van der Waals surface area contributed by atoms with E-state index in [1.807, 2.05) is 13.0 Å². The molecule has 2 heteroatoms. The van der Waals surface area contributed by atoms with Crippen molar-refractivity contribution < 1.29 is 4.79 Å². The highest BCUT2D eigenvalue weighted by Crippen LogP contribution is 2.32. The quantitative estimate of drug-likeness (QED) is 0.891. The van der Waals surface area contributed by atoms with Crippen LogP contribution in [-0.4, -0.2) is 11.9 Å². The number of hydrogen-bond donors (Lipinski definition) is 1. The Morgan fingerprint density at radius 1 is 1.21 bits per heavy atom. The largest absolute Gasteiger partial charge is 0.350 e. The Bertz CT molecular complexity index is 635. The number of carbonyl (C=O) groups is 1. The van der Waals surface area contributed by atoms with E-state index in [2.05, 4.69) is 36.5 Å². The summed E-state index contributed by atoms with van der Waals surface area (Å²) in [5.41, 5.74) is 3.57. The highest BCUT2D eigenvalue weighted by Gasteiger charge is 2.19. The Kier molecular flexibility index (Phi) is 3.02. The molecule has 1 atom stereocenters. The number of carbonyl (C=O) groups excluding carboxylic acids is 1. The van der Waals surface area contributed by atoms with E-state index in [9.17, 15) is 4.79 Å². The molecule has 0 aliphatic heterocycles. The van der Waals surface area contributed by atoms with Gasteiger partial charge in [0.2, 0.25) is 0 Å².